The lowest BCUT2D eigenvalue weighted by molar-refractivity contribution is -0.130. The quantitative estimate of drug-likeness (QED) is 0.470. The van der Waals surface area contributed by atoms with Crippen LogP contribution in [0.2, 0.25) is 5.02 Å². The molecule has 0 aliphatic carbocycles. The number of amides is 1. The van der Waals surface area contributed by atoms with Crippen LogP contribution in [0, 0.1) is 19.8 Å². The van der Waals surface area contributed by atoms with Gasteiger partial charge in [0.2, 0.25) is 5.91 Å². The molecular formula is C26H24ClN3O2S. The number of hydrogen-bond donors (Lipinski definition) is 2. The first-order valence-corrected chi connectivity index (χ1v) is 11.6. The SMILES string of the molecule is Cc1ccc(NC(=O)[C@H]2[C@@H]3NC(=S)N(c4cccc(Cl)c4)[C@@]2(C)Oc2ccccc23)c(C)c1. The highest BCUT2D eigenvalue weighted by Gasteiger charge is 2.59. The van der Waals surface area contributed by atoms with Gasteiger partial charge in [-0.25, -0.2) is 0 Å². The van der Waals surface area contributed by atoms with Crippen LogP contribution in [0.25, 0.3) is 0 Å². The molecule has 2 aliphatic heterocycles. The van der Waals surface area contributed by atoms with Crippen LogP contribution >= 0.6 is 23.8 Å². The molecule has 5 nitrogen and oxygen atoms in total. The standard InChI is InChI=1S/C26H24ClN3O2S/c1-15-11-12-20(16(2)13-15)28-24(31)22-23-19-9-4-5-10-21(19)32-26(22,3)30(25(33)29-23)18-8-6-7-17(27)14-18/h4-14,22-23H,1-3H3,(H,28,31)(H,29,33)/t22-,23-,26+/m1/s1. The van der Waals surface area contributed by atoms with Gasteiger partial charge in [0.25, 0.3) is 0 Å². The van der Waals surface area contributed by atoms with Gasteiger partial charge >= 0.3 is 0 Å². The van der Waals surface area contributed by atoms with Crippen LogP contribution in [0.3, 0.4) is 0 Å². The molecule has 168 valence electrons. The van der Waals surface area contributed by atoms with Crippen LogP contribution in [0.5, 0.6) is 5.75 Å². The second-order valence-electron chi connectivity index (χ2n) is 8.72. The minimum atomic E-state index is -1.07. The third-order valence-electron chi connectivity index (χ3n) is 6.40. The normalized spacial score (nSPS) is 23.3. The topological polar surface area (TPSA) is 53.6 Å². The van der Waals surface area contributed by atoms with E-state index in [2.05, 4.69) is 16.7 Å². The van der Waals surface area contributed by atoms with Gasteiger partial charge in [-0.15, -0.1) is 0 Å². The lowest BCUT2D eigenvalue weighted by atomic mass is 9.78. The monoisotopic (exact) mass is 477 g/mol. The summed E-state index contributed by atoms with van der Waals surface area (Å²) in [5.41, 5.74) is 3.51. The highest BCUT2D eigenvalue weighted by Crippen LogP contribution is 2.49. The van der Waals surface area contributed by atoms with E-state index in [1.807, 2.05) is 80.3 Å². The number of halogens is 1. The smallest absolute Gasteiger partial charge is 0.236 e. The van der Waals surface area contributed by atoms with Crippen molar-refractivity contribution in [2.75, 3.05) is 10.2 Å². The third-order valence-corrected chi connectivity index (χ3v) is 6.93. The molecule has 2 heterocycles. The van der Waals surface area contributed by atoms with E-state index in [4.69, 9.17) is 28.6 Å². The minimum Gasteiger partial charge on any atom is -0.467 e. The molecule has 3 atom stereocenters. The van der Waals surface area contributed by atoms with Gasteiger partial charge in [-0.3, -0.25) is 9.69 Å². The molecule has 1 fully saturated rings. The fourth-order valence-corrected chi connectivity index (χ4v) is 5.50. The molecular weight excluding hydrogens is 454 g/mol. The van der Waals surface area contributed by atoms with Crippen molar-refractivity contribution in [2.24, 2.45) is 5.92 Å². The Morgan fingerprint density at radius 2 is 1.91 bits per heavy atom. The van der Waals surface area contributed by atoms with Gasteiger partial charge in [0.15, 0.2) is 10.8 Å². The van der Waals surface area contributed by atoms with Crippen LogP contribution in [-0.2, 0) is 4.79 Å². The van der Waals surface area contributed by atoms with Gasteiger partial charge in [0, 0.05) is 22.0 Å². The van der Waals surface area contributed by atoms with Crippen molar-refractivity contribution in [3.05, 3.63) is 88.4 Å². The molecule has 2 bridgehead atoms. The van der Waals surface area contributed by atoms with Gasteiger partial charge in [-0.2, -0.15) is 0 Å². The summed E-state index contributed by atoms with van der Waals surface area (Å²) >= 11 is 12.1. The Morgan fingerprint density at radius 3 is 2.67 bits per heavy atom. The van der Waals surface area contributed by atoms with Gasteiger partial charge in [-0.05, 0) is 68.9 Å². The van der Waals surface area contributed by atoms with E-state index < -0.39 is 11.6 Å². The molecule has 0 aromatic heterocycles. The largest absolute Gasteiger partial charge is 0.467 e. The summed E-state index contributed by atoms with van der Waals surface area (Å²) in [6.07, 6.45) is 0. The van der Waals surface area contributed by atoms with Crippen molar-refractivity contribution < 1.29 is 9.53 Å². The summed E-state index contributed by atoms with van der Waals surface area (Å²) in [4.78, 5) is 15.7. The zero-order valence-corrected chi connectivity index (χ0v) is 20.1. The minimum absolute atomic E-state index is 0.147. The number of aryl methyl sites for hydroxylation is 2. The first-order chi connectivity index (χ1) is 15.8. The number of carbonyl (C=O) groups is 1. The molecule has 3 aromatic carbocycles. The lowest BCUT2D eigenvalue weighted by Gasteiger charge is -2.56. The van der Waals surface area contributed by atoms with Gasteiger partial charge in [0.1, 0.15) is 11.7 Å². The Hall–Kier alpha value is -3.09. The maximum Gasteiger partial charge on any atom is 0.236 e. The molecule has 0 saturated carbocycles. The van der Waals surface area contributed by atoms with E-state index in [1.165, 1.54) is 0 Å². The second kappa shape index (κ2) is 8.04. The fraction of sp³-hybridized carbons (Fsp3) is 0.231. The van der Waals surface area contributed by atoms with Crippen molar-refractivity contribution in [1.82, 2.24) is 5.32 Å². The molecule has 0 spiro atoms. The molecule has 0 unspecified atom stereocenters. The Kier molecular flexibility index (Phi) is 5.30. The van der Waals surface area contributed by atoms with Crippen LogP contribution in [0.4, 0.5) is 11.4 Å². The molecule has 7 heteroatoms. The number of hydrogen-bond acceptors (Lipinski definition) is 3. The summed E-state index contributed by atoms with van der Waals surface area (Å²) in [5, 5.41) is 7.60. The molecule has 5 rings (SSSR count). The van der Waals surface area contributed by atoms with E-state index in [1.54, 1.807) is 6.07 Å². The second-order valence-corrected chi connectivity index (χ2v) is 9.55. The first kappa shape index (κ1) is 21.7. The van der Waals surface area contributed by atoms with Crippen LogP contribution in [-0.4, -0.2) is 16.7 Å². The summed E-state index contributed by atoms with van der Waals surface area (Å²) in [7, 11) is 0. The predicted octanol–water partition coefficient (Wildman–Crippen LogP) is 5.76. The Balaban J connectivity index is 1.62. The Labute approximate surface area is 203 Å². The maximum atomic E-state index is 13.9. The van der Waals surface area contributed by atoms with Crippen molar-refractivity contribution in [3.8, 4) is 5.75 Å². The van der Waals surface area contributed by atoms with Crippen molar-refractivity contribution in [1.29, 1.82) is 0 Å². The fourth-order valence-electron chi connectivity index (χ4n) is 4.90. The molecule has 3 aromatic rings. The molecule has 0 radical (unpaired) electrons. The number of benzene rings is 3. The van der Waals surface area contributed by atoms with Crippen LogP contribution in [0.1, 0.15) is 29.7 Å². The summed E-state index contributed by atoms with van der Waals surface area (Å²) in [5.74, 6) is -0.0210. The maximum absolute atomic E-state index is 13.9. The highest BCUT2D eigenvalue weighted by atomic mass is 35.5. The summed E-state index contributed by atoms with van der Waals surface area (Å²) < 4.78 is 6.58. The Morgan fingerprint density at radius 1 is 1.12 bits per heavy atom. The highest BCUT2D eigenvalue weighted by molar-refractivity contribution is 7.80. The molecule has 1 saturated heterocycles. The van der Waals surface area contributed by atoms with Crippen LogP contribution < -0.4 is 20.3 Å². The number of rotatable bonds is 3. The van der Waals surface area contributed by atoms with Crippen molar-refractivity contribution >= 4 is 46.2 Å². The van der Waals surface area contributed by atoms with E-state index >= 15 is 0 Å². The third kappa shape index (κ3) is 3.63. The number of para-hydroxylation sites is 1. The van der Waals surface area contributed by atoms with Gasteiger partial charge < -0.3 is 15.4 Å². The zero-order valence-electron chi connectivity index (χ0n) is 18.6. The number of carbonyl (C=O) groups excluding carboxylic acids is 1. The van der Waals surface area contributed by atoms with Crippen molar-refractivity contribution in [3.63, 3.8) is 0 Å². The number of anilines is 2. The Bertz CT molecular complexity index is 1280. The molecule has 2 aliphatic rings. The van der Waals surface area contributed by atoms with Gasteiger partial charge in [-0.1, -0.05) is 53.6 Å². The number of ether oxygens (including phenoxy) is 1. The predicted molar refractivity (Wildman–Crippen MR) is 136 cm³/mol. The first-order valence-electron chi connectivity index (χ1n) is 10.8. The average molecular weight is 478 g/mol. The zero-order chi connectivity index (χ0) is 23.3. The molecule has 1 amide bonds. The van der Waals surface area contributed by atoms with E-state index in [-0.39, 0.29) is 11.9 Å². The van der Waals surface area contributed by atoms with E-state index in [0.717, 1.165) is 33.8 Å². The number of fused-ring (bicyclic) bond motifs is 4. The molecule has 33 heavy (non-hydrogen) atoms. The van der Waals surface area contributed by atoms with Gasteiger partial charge in [0.05, 0.1) is 6.04 Å². The van der Waals surface area contributed by atoms with E-state index in [9.17, 15) is 4.79 Å². The van der Waals surface area contributed by atoms with Crippen LogP contribution in [0.15, 0.2) is 66.7 Å². The number of thiocarbonyl (C=S) groups is 1. The van der Waals surface area contributed by atoms with Crippen molar-refractivity contribution in [2.45, 2.75) is 32.5 Å². The lowest BCUT2D eigenvalue weighted by Crippen LogP contribution is -2.72. The summed E-state index contributed by atoms with van der Waals surface area (Å²) in [6, 6.07) is 20.8. The molecule has 2 N–H and O–H groups in total. The van der Waals surface area contributed by atoms with E-state index in [0.29, 0.717) is 10.1 Å². The summed E-state index contributed by atoms with van der Waals surface area (Å²) in [6.45, 7) is 5.93. The number of nitrogens with zero attached hydrogens (tertiary/aromatic N) is 1. The average Bonchev–Trinajstić information content (AvgIpc) is 2.75. The number of nitrogens with one attached hydrogen (secondary N) is 2.